The standard InChI is InChI=1S/C14H18F3N3O/c1-2-11(18)6-10-7-20(9-21-8-14(15,16)17)13-12(10)4-3-5-19-13/h3-5,7,11H,2,6,8-9,18H2,1H3. The minimum Gasteiger partial charge on any atom is -0.351 e. The maximum absolute atomic E-state index is 12.1. The van der Waals surface area contributed by atoms with Crippen molar-refractivity contribution in [3.63, 3.8) is 0 Å². The lowest BCUT2D eigenvalue weighted by Gasteiger charge is -2.09. The number of nitrogens with zero attached hydrogens (tertiary/aromatic N) is 2. The van der Waals surface area contributed by atoms with Crippen molar-refractivity contribution in [1.82, 2.24) is 9.55 Å². The molecule has 2 aromatic heterocycles. The molecular weight excluding hydrogens is 283 g/mol. The average Bonchev–Trinajstić information content (AvgIpc) is 2.76. The lowest BCUT2D eigenvalue weighted by atomic mass is 10.1. The van der Waals surface area contributed by atoms with Gasteiger partial charge in [0.25, 0.3) is 0 Å². The van der Waals surface area contributed by atoms with E-state index in [4.69, 9.17) is 10.5 Å². The van der Waals surface area contributed by atoms with E-state index in [2.05, 4.69) is 4.98 Å². The molecule has 0 bridgehead atoms. The molecule has 1 atom stereocenters. The number of hydrogen-bond donors (Lipinski definition) is 1. The van der Waals surface area contributed by atoms with Gasteiger partial charge in [0.1, 0.15) is 19.0 Å². The first-order valence-corrected chi connectivity index (χ1v) is 6.73. The lowest BCUT2D eigenvalue weighted by molar-refractivity contribution is -0.181. The normalized spacial score (nSPS) is 13.8. The topological polar surface area (TPSA) is 53.1 Å². The largest absolute Gasteiger partial charge is 0.411 e. The van der Waals surface area contributed by atoms with Crippen LogP contribution < -0.4 is 5.73 Å². The molecule has 21 heavy (non-hydrogen) atoms. The summed E-state index contributed by atoms with van der Waals surface area (Å²) in [5, 5.41) is 0.900. The van der Waals surface area contributed by atoms with Crippen LogP contribution in [0, 0.1) is 0 Å². The van der Waals surface area contributed by atoms with Crippen LogP contribution in [0.2, 0.25) is 0 Å². The summed E-state index contributed by atoms with van der Waals surface area (Å²) >= 11 is 0. The molecule has 2 aromatic rings. The van der Waals surface area contributed by atoms with Crippen molar-refractivity contribution >= 4 is 11.0 Å². The second-order valence-corrected chi connectivity index (χ2v) is 4.96. The summed E-state index contributed by atoms with van der Waals surface area (Å²) in [5.74, 6) is 0. The quantitative estimate of drug-likeness (QED) is 0.892. The van der Waals surface area contributed by atoms with E-state index >= 15 is 0 Å². The van der Waals surface area contributed by atoms with E-state index in [-0.39, 0.29) is 12.8 Å². The zero-order chi connectivity index (χ0) is 15.5. The van der Waals surface area contributed by atoms with E-state index in [1.165, 1.54) is 0 Å². The predicted octanol–water partition coefficient (Wildman–Crippen LogP) is 2.85. The number of pyridine rings is 1. The van der Waals surface area contributed by atoms with E-state index in [1.807, 2.05) is 13.0 Å². The molecule has 0 aromatic carbocycles. The third kappa shape index (κ3) is 4.18. The molecule has 4 nitrogen and oxygen atoms in total. The van der Waals surface area contributed by atoms with Crippen molar-refractivity contribution < 1.29 is 17.9 Å². The molecule has 0 amide bonds. The zero-order valence-electron chi connectivity index (χ0n) is 11.7. The van der Waals surface area contributed by atoms with Crippen LogP contribution in [-0.2, 0) is 17.9 Å². The van der Waals surface area contributed by atoms with Gasteiger partial charge < -0.3 is 15.0 Å². The number of aromatic nitrogens is 2. The Balaban J connectivity index is 2.19. The molecule has 7 heteroatoms. The molecule has 116 valence electrons. The molecule has 0 saturated heterocycles. The monoisotopic (exact) mass is 301 g/mol. The number of rotatable bonds is 6. The first kappa shape index (κ1) is 15.8. The van der Waals surface area contributed by atoms with Crippen molar-refractivity contribution in [1.29, 1.82) is 0 Å². The SMILES string of the molecule is CCC(N)Cc1cn(COCC(F)(F)F)c2ncccc12. The predicted molar refractivity (Wildman–Crippen MR) is 73.7 cm³/mol. The highest BCUT2D eigenvalue weighted by atomic mass is 19.4. The molecule has 2 N–H and O–H groups in total. The fourth-order valence-electron chi connectivity index (χ4n) is 2.14. The van der Waals surface area contributed by atoms with Crippen molar-refractivity contribution in [3.8, 4) is 0 Å². The summed E-state index contributed by atoms with van der Waals surface area (Å²) in [7, 11) is 0. The van der Waals surface area contributed by atoms with Crippen molar-refractivity contribution in [2.45, 2.75) is 38.7 Å². The van der Waals surface area contributed by atoms with E-state index in [9.17, 15) is 13.2 Å². The Bertz CT molecular complexity index is 595. The van der Waals surface area contributed by atoms with Gasteiger partial charge >= 0.3 is 6.18 Å². The number of nitrogens with two attached hydrogens (primary N) is 1. The van der Waals surface area contributed by atoms with Gasteiger partial charge in [0.2, 0.25) is 0 Å². The molecule has 1 unspecified atom stereocenters. The Labute approximate surface area is 120 Å². The molecule has 0 aliphatic heterocycles. The van der Waals surface area contributed by atoms with Gasteiger partial charge in [-0.1, -0.05) is 6.92 Å². The third-order valence-corrected chi connectivity index (χ3v) is 3.22. The van der Waals surface area contributed by atoms with Gasteiger partial charge in [-0.15, -0.1) is 0 Å². The highest BCUT2D eigenvalue weighted by molar-refractivity contribution is 5.80. The first-order chi connectivity index (χ1) is 9.90. The first-order valence-electron chi connectivity index (χ1n) is 6.73. The van der Waals surface area contributed by atoms with Crippen LogP contribution in [-0.4, -0.2) is 28.4 Å². The van der Waals surface area contributed by atoms with Crippen molar-refractivity contribution in [2.24, 2.45) is 5.73 Å². The molecule has 2 rings (SSSR count). The highest BCUT2D eigenvalue weighted by Crippen LogP contribution is 2.22. The van der Waals surface area contributed by atoms with Crippen molar-refractivity contribution in [3.05, 3.63) is 30.1 Å². The Morgan fingerprint density at radius 1 is 1.43 bits per heavy atom. The Morgan fingerprint density at radius 3 is 2.86 bits per heavy atom. The van der Waals surface area contributed by atoms with E-state index in [1.54, 1.807) is 23.0 Å². The molecule has 2 heterocycles. The zero-order valence-corrected chi connectivity index (χ0v) is 11.7. The van der Waals surface area contributed by atoms with Crippen LogP contribution in [0.1, 0.15) is 18.9 Å². The minimum absolute atomic E-state index is 0.0142. The van der Waals surface area contributed by atoms with Gasteiger partial charge in [0.05, 0.1) is 0 Å². The number of alkyl halides is 3. The van der Waals surface area contributed by atoms with Gasteiger partial charge in [-0.2, -0.15) is 13.2 Å². The van der Waals surface area contributed by atoms with Gasteiger partial charge in [-0.3, -0.25) is 0 Å². The van der Waals surface area contributed by atoms with Crippen molar-refractivity contribution in [2.75, 3.05) is 6.61 Å². The Hall–Kier alpha value is -1.60. The van der Waals surface area contributed by atoms with Crippen LogP contribution >= 0.6 is 0 Å². The number of fused-ring (bicyclic) bond motifs is 1. The van der Waals surface area contributed by atoms with E-state index < -0.39 is 12.8 Å². The molecule has 0 aliphatic carbocycles. The molecule has 0 aliphatic rings. The van der Waals surface area contributed by atoms with Crippen LogP contribution in [0.15, 0.2) is 24.5 Å². The fourth-order valence-corrected chi connectivity index (χ4v) is 2.14. The van der Waals surface area contributed by atoms with Crippen LogP contribution in [0.4, 0.5) is 13.2 Å². The molecule has 0 spiro atoms. The minimum atomic E-state index is -4.33. The average molecular weight is 301 g/mol. The third-order valence-electron chi connectivity index (χ3n) is 3.22. The second kappa shape index (κ2) is 6.44. The molecule has 0 fully saturated rings. The smallest absolute Gasteiger partial charge is 0.351 e. The number of ether oxygens (including phenoxy) is 1. The summed E-state index contributed by atoms with van der Waals surface area (Å²) in [6.07, 6.45) is 0.530. The molecule has 0 saturated carbocycles. The Kier molecular flexibility index (Phi) is 4.84. The molecule has 0 radical (unpaired) electrons. The molecular formula is C14H18F3N3O. The fraction of sp³-hybridized carbons (Fsp3) is 0.500. The van der Waals surface area contributed by atoms with Gasteiger partial charge in [-0.05, 0) is 30.5 Å². The summed E-state index contributed by atoms with van der Waals surface area (Å²) < 4.78 is 42.7. The van der Waals surface area contributed by atoms with Crippen LogP contribution in [0.25, 0.3) is 11.0 Å². The van der Waals surface area contributed by atoms with Gasteiger partial charge in [-0.25, -0.2) is 4.98 Å². The summed E-state index contributed by atoms with van der Waals surface area (Å²) in [6, 6.07) is 3.70. The maximum atomic E-state index is 12.1. The maximum Gasteiger partial charge on any atom is 0.411 e. The van der Waals surface area contributed by atoms with Gasteiger partial charge in [0, 0.05) is 23.8 Å². The number of halogens is 3. The second-order valence-electron chi connectivity index (χ2n) is 4.96. The van der Waals surface area contributed by atoms with E-state index in [0.717, 1.165) is 17.4 Å². The highest BCUT2D eigenvalue weighted by Gasteiger charge is 2.27. The number of hydrogen-bond acceptors (Lipinski definition) is 3. The van der Waals surface area contributed by atoms with Crippen LogP contribution in [0.3, 0.4) is 0 Å². The summed E-state index contributed by atoms with van der Waals surface area (Å²) in [6.45, 7) is 0.534. The summed E-state index contributed by atoms with van der Waals surface area (Å²) in [4.78, 5) is 4.21. The van der Waals surface area contributed by atoms with Crippen LogP contribution in [0.5, 0.6) is 0 Å². The lowest BCUT2D eigenvalue weighted by Crippen LogP contribution is -2.21. The van der Waals surface area contributed by atoms with E-state index in [0.29, 0.717) is 12.1 Å². The summed E-state index contributed by atoms with van der Waals surface area (Å²) in [5.41, 5.74) is 7.54. The van der Waals surface area contributed by atoms with Gasteiger partial charge in [0.15, 0.2) is 0 Å². The Morgan fingerprint density at radius 2 is 2.19 bits per heavy atom.